The number of hydrogen-bond acceptors (Lipinski definition) is 14. The topological polar surface area (TPSA) is 140 Å². The monoisotopic (exact) mass is 753 g/mol. The van der Waals surface area contributed by atoms with Gasteiger partial charge in [-0.1, -0.05) is 31.5 Å². The number of ether oxygens (including phenoxy) is 12. The van der Waals surface area contributed by atoms with Crippen LogP contribution in [-0.2, 0) is 52.1 Å². The van der Waals surface area contributed by atoms with Gasteiger partial charge in [-0.2, -0.15) is 0 Å². The standard InChI is InChI=1S/C39H63NO13/c1-2-3-13-40-37-11-9-36(10-12-37)39(41)53-35-33-51-31-29-49-27-25-47-23-21-45-19-17-43-15-14-42-16-18-44-20-22-46-24-26-48-28-30-50-32-34-52-38-7-5-4-6-8-38/h4-12,40H,2-3,13-35H2,1H3. The summed E-state index contributed by atoms with van der Waals surface area (Å²) in [5.74, 6) is 0.478. The minimum atomic E-state index is -0.362. The highest BCUT2D eigenvalue weighted by Crippen LogP contribution is 2.11. The number of esters is 1. The van der Waals surface area contributed by atoms with Gasteiger partial charge in [-0.25, -0.2) is 4.79 Å². The van der Waals surface area contributed by atoms with Gasteiger partial charge in [0, 0.05) is 12.2 Å². The van der Waals surface area contributed by atoms with E-state index in [2.05, 4.69) is 12.2 Å². The van der Waals surface area contributed by atoms with Crippen molar-refractivity contribution in [3.05, 3.63) is 60.2 Å². The molecule has 53 heavy (non-hydrogen) atoms. The van der Waals surface area contributed by atoms with Crippen LogP contribution in [0.4, 0.5) is 5.69 Å². The number of carbonyl (C=O) groups is 1. The molecule has 302 valence electrons. The van der Waals surface area contributed by atoms with Crippen LogP contribution in [-0.4, -0.2) is 158 Å². The van der Waals surface area contributed by atoms with Crippen LogP contribution < -0.4 is 10.1 Å². The largest absolute Gasteiger partial charge is 0.491 e. The number of rotatable bonds is 39. The summed E-state index contributed by atoms with van der Waals surface area (Å²) in [7, 11) is 0. The average molecular weight is 754 g/mol. The third kappa shape index (κ3) is 29.2. The minimum absolute atomic E-state index is 0.189. The van der Waals surface area contributed by atoms with Gasteiger partial charge < -0.3 is 62.2 Å². The maximum atomic E-state index is 12.1. The Kier molecular flexibility index (Phi) is 31.5. The highest BCUT2D eigenvalue weighted by Gasteiger charge is 2.07. The van der Waals surface area contributed by atoms with Gasteiger partial charge in [0.1, 0.15) is 19.0 Å². The molecule has 0 saturated carbocycles. The van der Waals surface area contributed by atoms with Crippen molar-refractivity contribution in [1.82, 2.24) is 0 Å². The molecular formula is C39H63NO13. The molecule has 0 saturated heterocycles. The van der Waals surface area contributed by atoms with Crippen LogP contribution in [0.15, 0.2) is 54.6 Å². The summed E-state index contributed by atoms with van der Waals surface area (Å²) in [5.41, 5.74) is 1.51. The van der Waals surface area contributed by atoms with Gasteiger partial charge in [-0.05, 0) is 42.8 Å². The number of para-hydroxylation sites is 1. The SMILES string of the molecule is CCCCNc1ccc(C(=O)OCCOCCOCCOCCOCCOCCOCCOCCOCCOCCOCCOc2ccccc2)cc1. The molecule has 14 nitrogen and oxygen atoms in total. The Morgan fingerprint density at radius 3 is 1.19 bits per heavy atom. The molecule has 0 radical (unpaired) electrons. The second-order valence-electron chi connectivity index (χ2n) is 11.3. The van der Waals surface area contributed by atoms with Crippen molar-refractivity contribution in [2.75, 3.05) is 157 Å². The smallest absolute Gasteiger partial charge is 0.338 e. The summed E-state index contributed by atoms with van der Waals surface area (Å²) in [4.78, 5) is 12.1. The molecule has 0 spiro atoms. The molecule has 0 aliphatic heterocycles. The fourth-order valence-electron chi connectivity index (χ4n) is 4.23. The Morgan fingerprint density at radius 1 is 0.453 bits per heavy atom. The van der Waals surface area contributed by atoms with Crippen LogP contribution in [0.25, 0.3) is 0 Å². The number of benzene rings is 2. The molecule has 0 aromatic heterocycles. The lowest BCUT2D eigenvalue weighted by Crippen LogP contribution is -2.16. The van der Waals surface area contributed by atoms with Crippen LogP contribution in [0.5, 0.6) is 5.75 Å². The van der Waals surface area contributed by atoms with Gasteiger partial charge in [-0.3, -0.25) is 0 Å². The van der Waals surface area contributed by atoms with E-state index in [0.717, 1.165) is 30.8 Å². The Hall–Kier alpha value is -2.89. The molecule has 0 atom stereocenters. The van der Waals surface area contributed by atoms with E-state index in [9.17, 15) is 4.79 Å². The second-order valence-corrected chi connectivity index (χ2v) is 11.3. The first-order valence-electron chi connectivity index (χ1n) is 18.8. The summed E-state index contributed by atoms with van der Waals surface area (Å²) in [6.45, 7) is 13.4. The van der Waals surface area contributed by atoms with E-state index < -0.39 is 0 Å². The first-order valence-corrected chi connectivity index (χ1v) is 18.8. The van der Waals surface area contributed by atoms with E-state index in [4.69, 9.17) is 56.8 Å². The predicted molar refractivity (Wildman–Crippen MR) is 200 cm³/mol. The molecule has 2 rings (SSSR count). The van der Waals surface area contributed by atoms with E-state index in [1.54, 1.807) is 12.1 Å². The third-order valence-electron chi connectivity index (χ3n) is 7.03. The van der Waals surface area contributed by atoms with Gasteiger partial charge in [0.2, 0.25) is 0 Å². The van der Waals surface area contributed by atoms with Gasteiger partial charge in [0.05, 0.1) is 138 Å². The van der Waals surface area contributed by atoms with E-state index in [1.165, 1.54) is 0 Å². The maximum absolute atomic E-state index is 12.1. The zero-order valence-corrected chi connectivity index (χ0v) is 31.7. The lowest BCUT2D eigenvalue weighted by atomic mass is 10.2. The summed E-state index contributed by atoms with van der Waals surface area (Å²) in [6.07, 6.45) is 2.24. The normalized spacial score (nSPS) is 11.2. The van der Waals surface area contributed by atoms with E-state index in [1.807, 2.05) is 42.5 Å². The van der Waals surface area contributed by atoms with Gasteiger partial charge in [0.25, 0.3) is 0 Å². The van der Waals surface area contributed by atoms with Crippen molar-refractivity contribution in [2.45, 2.75) is 19.8 Å². The summed E-state index contributed by atoms with van der Waals surface area (Å²) in [5, 5.41) is 3.32. The van der Waals surface area contributed by atoms with Gasteiger partial charge >= 0.3 is 5.97 Å². The van der Waals surface area contributed by atoms with E-state index in [0.29, 0.717) is 144 Å². The fourth-order valence-corrected chi connectivity index (χ4v) is 4.23. The zero-order chi connectivity index (χ0) is 37.5. The minimum Gasteiger partial charge on any atom is -0.491 e. The number of nitrogens with one attached hydrogen (secondary N) is 1. The Bertz CT molecular complexity index is 1070. The Morgan fingerprint density at radius 2 is 0.811 bits per heavy atom. The molecule has 0 aliphatic carbocycles. The number of carbonyl (C=O) groups excluding carboxylic acids is 1. The molecule has 0 heterocycles. The van der Waals surface area contributed by atoms with Gasteiger partial charge in [-0.15, -0.1) is 0 Å². The van der Waals surface area contributed by atoms with Crippen LogP contribution >= 0.6 is 0 Å². The molecule has 0 fully saturated rings. The van der Waals surface area contributed by atoms with Crippen LogP contribution in [0.1, 0.15) is 30.1 Å². The zero-order valence-electron chi connectivity index (χ0n) is 31.7. The Balaban J connectivity index is 1.17. The molecule has 0 unspecified atom stereocenters. The van der Waals surface area contributed by atoms with Crippen LogP contribution in [0.3, 0.4) is 0 Å². The third-order valence-corrected chi connectivity index (χ3v) is 7.03. The highest BCUT2D eigenvalue weighted by molar-refractivity contribution is 5.89. The lowest BCUT2D eigenvalue weighted by Gasteiger charge is -2.09. The number of anilines is 1. The molecule has 2 aromatic carbocycles. The highest BCUT2D eigenvalue weighted by atomic mass is 16.6. The molecular weight excluding hydrogens is 690 g/mol. The summed E-state index contributed by atoms with van der Waals surface area (Å²) in [6, 6.07) is 17.0. The lowest BCUT2D eigenvalue weighted by molar-refractivity contribution is -0.0273. The first-order chi connectivity index (χ1) is 26.3. The van der Waals surface area contributed by atoms with Crippen molar-refractivity contribution in [3.63, 3.8) is 0 Å². The summed E-state index contributed by atoms with van der Waals surface area (Å²) < 4.78 is 65.7. The molecule has 2 aromatic rings. The van der Waals surface area contributed by atoms with Crippen molar-refractivity contribution < 1.29 is 61.6 Å². The average Bonchev–Trinajstić information content (AvgIpc) is 3.18. The second kappa shape index (κ2) is 36.1. The fraction of sp³-hybridized carbons (Fsp3) is 0.667. The van der Waals surface area contributed by atoms with Crippen LogP contribution in [0.2, 0.25) is 0 Å². The van der Waals surface area contributed by atoms with Crippen molar-refractivity contribution >= 4 is 11.7 Å². The van der Waals surface area contributed by atoms with Crippen molar-refractivity contribution in [3.8, 4) is 5.75 Å². The maximum Gasteiger partial charge on any atom is 0.338 e. The molecule has 1 N–H and O–H groups in total. The first kappa shape index (κ1) is 46.3. The molecule has 0 amide bonds. The predicted octanol–water partition coefficient (Wildman–Crippen LogP) is 4.30. The number of unbranched alkanes of at least 4 members (excludes halogenated alkanes) is 1. The van der Waals surface area contributed by atoms with E-state index in [-0.39, 0.29) is 12.6 Å². The van der Waals surface area contributed by atoms with E-state index >= 15 is 0 Å². The number of hydrogen-bond donors (Lipinski definition) is 1. The van der Waals surface area contributed by atoms with Crippen molar-refractivity contribution in [2.24, 2.45) is 0 Å². The molecule has 14 heteroatoms. The van der Waals surface area contributed by atoms with Gasteiger partial charge in [0.15, 0.2) is 0 Å². The Labute approximate surface area is 315 Å². The van der Waals surface area contributed by atoms with Crippen molar-refractivity contribution in [1.29, 1.82) is 0 Å². The quantitative estimate of drug-likeness (QED) is 0.0767. The summed E-state index contributed by atoms with van der Waals surface area (Å²) >= 11 is 0. The molecule has 0 aliphatic rings. The molecule has 0 bridgehead atoms. The van der Waals surface area contributed by atoms with Crippen LogP contribution in [0, 0.1) is 0 Å².